The zero-order valence-electron chi connectivity index (χ0n) is 12.9. The van der Waals surface area contributed by atoms with Gasteiger partial charge in [-0.25, -0.2) is 0 Å². The molecule has 5 heteroatoms. The molecule has 2 N–H and O–H groups in total. The van der Waals surface area contributed by atoms with Gasteiger partial charge >= 0.3 is 0 Å². The number of ketones is 1. The largest absolute Gasteiger partial charge is 0.493 e. The van der Waals surface area contributed by atoms with Crippen LogP contribution in [0.1, 0.15) is 41.4 Å². The van der Waals surface area contributed by atoms with Crippen LogP contribution in [0.25, 0.3) is 10.9 Å². The molecule has 0 aliphatic carbocycles. The molecule has 0 atom stereocenters. The van der Waals surface area contributed by atoms with E-state index in [1.807, 2.05) is 12.1 Å². The summed E-state index contributed by atoms with van der Waals surface area (Å²) in [4.78, 5) is 26.6. The minimum Gasteiger partial charge on any atom is -0.493 e. The molecular weight excluding hydrogens is 280 g/mol. The zero-order chi connectivity index (χ0) is 15.7. The van der Waals surface area contributed by atoms with Crippen molar-refractivity contribution in [3.05, 3.63) is 29.0 Å². The second-order valence-corrected chi connectivity index (χ2v) is 5.68. The molecule has 3 rings (SSSR count). The van der Waals surface area contributed by atoms with E-state index in [-0.39, 0.29) is 11.7 Å². The summed E-state index contributed by atoms with van der Waals surface area (Å²) in [5, 5.41) is 3.78. The number of fused-ring (bicyclic) bond motifs is 3. The number of carbonyl (C=O) groups excluding carboxylic acids is 2. The highest BCUT2D eigenvalue weighted by Crippen LogP contribution is 2.36. The lowest BCUT2D eigenvalue weighted by Crippen LogP contribution is -2.19. The quantitative estimate of drug-likeness (QED) is 0.890. The molecule has 1 amide bonds. The van der Waals surface area contributed by atoms with Crippen molar-refractivity contribution >= 4 is 22.6 Å². The Balaban J connectivity index is 2.09. The number of hydrogen-bond donors (Lipinski definition) is 2. The summed E-state index contributed by atoms with van der Waals surface area (Å²) in [7, 11) is 1.63. The monoisotopic (exact) mass is 300 g/mol. The highest BCUT2D eigenvalue weighted by Gasteiger charge is 2.23. The van der Waals surface area contributed by atoms with Crippen molar-refractivity contribution in [1.29, 1.82) is 0 Å². The molecule has 1 aromatic heterocycles. The second-order valence-electron chi connectivity index (χ2n) is 5.68. The van der Waals surface area contributed by atoms with Gasteiger partial charge in [-0.1, -0.05) is 0 Å². The van der Waals surface area contributed by atoms with Crippen molar-refractivity contribution in [2.24, 2.45) is 0 Å². The summed E-state index contributed by atoms with van der Waals surface area (Å²) in [6, 6.07) is 3.91. The van der Waals surface area contributed by atoms with Crippen LogP contribution in [-0.4, -0.2) is 30.3 Å². The van der Waals surface area contributed by atoms with E-state index in [1.54, 1.807) is 14.0 Å². The number of benzene rings is 1. The molecule has 5 nitrogen and oxygen atoms in total. The summed E-state index contributed by atoms with van der Waals surface area (Å²) >= 11 is 0. The van der Waals surface area contributed by atoms with Crippen LogP contribution in [0.15, 0.2) is 12.1 Å². The van der Waals surface area contributed by atoms with Gasteiger partial charge in [0.05, 0.1) is 6.61 Å². The highest BCUT2D eigenvalue weighted by molar-refractivity contribution is 6.02. The first kappa shape index (κ1) is 14.6. The topological polar surface area (TPSA) is 71.2 Å². The number of amides is 1. The van der Waals surface area contributed by atoms with Gasteiger partial charge in [-0.05, 0) is 37.5 Å². The highest BCUT2D eigenvalue weighted by atomic mass is 16.5. The van der Waals surface area contributed by atoms with E-state index in [0.29, 0.717) is 25.1 Å². The Morgan fingerprint density at radius 2 is 2.18 bits per heavy atom. The molecule has 0 radical (unpaired) electrons. The molecule has 22 heavy (non-hydrogen) atoms. The van der Waals surface area contributed by atoms with Gasteiger partial charge in [-0.15, -0.1) is 0 Å². The van der Waals surface area contributed by atoms with E-state index in [9.17, 15) is 9.59 Å². The number of H-pyrrole nitrogens is 1. The average Bonchev–Trinajstić information content (AvgIpc) is 3.09. The molecule has 0 saturated heterocycles. The van der Waals surface area contributed by atoms with E-state index >= 15 is 0 Å². The molecule has 2 aromatic rings. The minimum absolute atomic E-state index is 0.123. The lowest BCUT2D eigenvalue weighted by molar-refractivity contribution is -0.117. The van der Waals surface area contributed by atoms with Crippen molar-refractivity contribution in [1.82, 2.24) is 10.3 Å². The number of rotatable bonds is 5. The predicted molar refractivity (Wildman–Crippen MR) is 84.5 cm³/mol. The number of ether oxygens (including phenoxy) is 1. The maximum atomic E-state index is 12.2. The zero-order valence-corrected chi connectivity index (χ0v) is 12.9. The fraction of sp³-hybridized carbons (Fsp3) is 0.412. The number of aryl methyl sites for hydroxylation is 1. The van der Waals surface area contributed by atoms with Gasteiger partial charge in [0, 0.05) is 36.4 Å². The van der Waals surface area contributed by atoms with E-state index in [4.69, 9.17) is 4.74 Å². The Morgan fingerprint density at radius 3 is 2.91 bits per heavy atom. The van der Waals surface area contributed by atoms with Crippen LogP contribution >= 0.6 is 0 Å². The normalized spacial score (nSPS) is 13.0. The number of aromatic amines is 1. The number of aromatic nitrogens is 1. The summed E-state index contributed by atoms with van der Waals surface area (Å²) < 4.78 is 5.63. The third-order valence-corrected chi connectivity index (χ3v) is 4.15. The second kappa shape index (κ2) is 5.83. The third kappa shape index (κ3) is 2.47. The molecule has 1 aliphatic rings. The number of carbonyl (C=O) groups is 2. The number of hydrogen-bond acceptors (Lipinski definition) is 3. The molecule has 0 spiro atoms. The fourth-order valence-corrected chi connectivity index (χ4v) is 3.14. The van der Waals surface area contributed by atoms with Crippen molar-refractivity contribution in [3.63, 3.8) is 0 Å². The van der Waals surface area contributed by atoms with Crippen LogP contribution in [0.2, 0.25) is 0 Å². The van der Waals surface area contributed by atoms with Crippen molar-refractivity contribution in [3.8, 4) is 5.75 Å². The van der Waals surface area contributed by atoms with Gasteiger partial charge in [-0.2, -0.15) is 0 Å². The van der Waals surface area contributed by atoms with Gasteiger partial charge < -0.3 is 19.8 Å². The van der Waals surface area contributed by atoms with Crippen LogP contribution in [0.3, 0.4) is 0 Å². The molecule has 1 aromatic carbocycles. The Kier molecular flexibility index (Phi) is 3.88. The summed E-state index contributed by atoms with van der Waals surface area (Å²) in [6.45, 7) is 2.28. The van der Waals surface area contributed by atoms with Crippen molar-refractivity contribution in [2.45, 2.75) is 32.6 Å². The van der Waals surface area contributed by atoms with E-state index < -0.39 is 0 Å². The summed E-state index contributed by atoms with van der Waals surface area (Å²) in [6.07, 6.45) is 2.85. The molecular formula is C17H20N2O3. The van der Waals surface area contributed by atoms with E-state index in [2.05, 4.69) is 10.3 Å². The summed E-state index contributed by atoms with van der Waals surface area (Å²) in [5.74, 6) is 0.958. The van der Waals surface area contributed by atoms with Gasteiger partial charge in [-0.3, -0.25) is 4.79 Å². The van der Waals surface area contributed by atoms with Crippen LogP contribution in [0.4, 0.5) is 0 Å². The number of Topliss-reactive ketones (excluding diaryl/α,β-unsaturated/α-hetero) is 1. The summed E-state index contributed by atoms with van der Waals surface area (Å²) in [5.41, 5.74) is 3.72. The first-order valence-corrected chi connectivity index (χ1v) is 7.62. The molecule has 0 saturated carbocycles. The van der Waals surface area contributed by atoms with Gasteiger partial charge in [0.15, 0.2) is 0 Å². The first-order chi connectivity index (χ1) is 10.6. The van der Waals surface area contributed by atoms with Gasteiger partial charge in [0.2, 0.25) is 0 Å². The molecule has 0 fully saturated rings. The minimum atomic E-state index is -0.123. The van der Waals surface area contributed by atoms with Gasteiger partial charge in [0.1, 0.15) is 17.2 Å². The lowest BCUT2D eigenvalue weighted by atomic mass is 9.98. The van der Waals surface area contributed by atoms with Crippen LogP contribution in [0, 0.1) is 0 Å². The molecule has 0 bridgehead atoms. The first-order valence-electron chi connectivity index (χ1n) is 7.62. The van der Waals surface area contributed by atoms with Crippen molar-refractivity contribution < 1.29 is 14.3 Å². The maximum absolute atomic E-state index is 12.2. The molecule has 116 valence electrons. The Morgan fingerprint density at radius 1 is 1.36 bits per heavy atom. The molecule has 0 unspecified atom stereocenters. The van der Waals surface area contributed by atoms with Crippen LogP contribution in [0.5, 0.6) is 5.75 Å². The maximum Gasteiger partial charge on any atom is 0.267 e. The lowest BCUT2D eigenvalue weighted by Gasteiger charge is -2.05. The average molecular weight is 300 g/mol. The van der Waals surface area contributed by atoms with E-state index in [1.165, 1.54) is 5.56 Å². The van der Waals surface area contributed by atoms with Crippen LogP contribution in [-0.2, 0) is 17.6 Å². The SMILES string of the molecule is CNC(=O)c1[nH]c2ccc3c(c2c1CCCC(C)=O)CCO3. The Bertz CT molecular complexity index is 746. The smallest absolute Gasteiger partial charge is 0.267 e. The van der Waals surface area contributed by atoms with Crippen molar-refractivity contribution in [2.75, 3.05) is 13.7 Å². The van der Waals surface area contributed by atoms with E-state index in [0.717, 1.165) is 35.1 Å². The molecule has 1 aliphatic heterocycles. The van der Waals surface area contributed by atoms with Gasteiger partial charge in [0.25, 0.3) is 5.91 Å². The Labute approximate surface area is 129 Å². The number of nitrogens with one attached hydrogen (secondary N) is 2. The Hall–Kier alpha value is -2.30. The van der Waals surface area contributed by atoms with Crippen LogP contribution < -0.4 is 10.1 Å². The standard InChI is InChI=1S/C17H20N2O3/c1-10(20)4-3-5-12-15-11-8-9-22-14(11)7-6-13(15)19-16(12)17(21)18-2/h6-7,19H,3-5,8-9H2,1-2H3,(H,18,21). The third-order valence-electron chi connectivity index (χ3n) is 4.15. The molecule has 2 heterocycles. The predicted octanol–water partition coefficient (Wildman–Crippen LogP) is 2.37. The fourth-order valence-electron chi connectivity index (χ4n) is 3.14.